The summed E-state index contributed by atoms with van der Waals surface area (Å²) in [5.74, 6) is 1.65. The maximum atomic E-state index is 11.9. The molecule has 5 nitrogen and oxygen atoms in total. The van der Waals surface area contributed by atoms with E-state index < -0.39 is 0 Å². The van der Waals surface area contributed by atoms with Gasteiger partial charge in [0.25, 0.3) is 0 Å². The molecule has 1 saturated heterocycles. The summed E-state index contributed by atoms with van der Waals surface area (Å²) in [5, 5.41) is 5.61. The van der Waals surface area contributed by atoms with Gasteiger partial charge in [0, 0.05) is 24.8 Å². The summed E-state index contributed by atoms with van der Waals surface area (Å²) < 4.78 is 5.23. The van der Waals surface area contributed by atoms with Crippen LogP contribution in [0, 0.1) is 5.92 Å². The first kappa shape index (κ1) is 16.2. The molecular formula is C17H23N3O2S. The van der Waals surface area contributed by atoms with Gasteiger partial charge in [-0.1, -0.05) is 6.92 Å². The second kappa shape index (κ2) is 7.75. The number of thiazole rings is 1. The third-order valence-electron chi connectivity index (χ3n) is 4.24. The molecule has 0 aliphatic carbocycles. The molecular weight excluding hydrogens is 310 g/mol. The molecule has 0 saturated carbocycles. The zero-order valence-corrected chi connectivity index (χ0v) is 14.3. The van der Waals surface area contributed by atoms with Crippen LogP contribution in [0.3, 0.4) is 0 Å². The molecule has 1 aliphatic heterocycles. The van der Waals surface area contributed by atoms with Crippen molar-refractivity contribution in [3.05, 3.63) is 35.2 Å². The summed E-state index contributed by atoms with van der Waals surface area (Å²) in [6, 6.07) is 3.72. The average molecular weight is 333 g/mol. The molecule has 1 aliphatic rings. The summed E-state index contributed by atoms with van der Waals surface area (Å²) in [6.45, 7) is 5.48. The molecule has 0 bridgehead atoms. The zero-order valence-electron chi connectivity index (χ0n) is 13.5. The number of furan rings is 1. The van der Waals surface area contributed by atoms with Crippen molar-refractivity contribution in [3.63, 3.8) is 0 Å². The van der Waals surface area contributed by atoms with E-state index in [0.717, 1.165) is 37.0 Å². The predicted molar refractivity (Wildman–Crippen MR) is 91.4 cm³/mol. The molecule has 0 atom stereocenters. The van der Waals surface area contributed by atoms with E-state index in [9.17, 15) is 4.79 Å². The van der Waals surface area contributed by atoms with Crippen molar-refractivity contribution < 1.29 is 9.21 Å². The van der Waals surface area contributed by atoms with Gasteiger partial charge in [-0.25, -0.2) is 4.98 Å². The monoisotopic (exact) mass is 333 g/mol. The van der Waals surface area contributed by atoms with Gasteiger partial charge < -0.3 is 9.73 Å². The third kappa shape index (κ3) is 4.91. The molecule has 0 radical (unpaired) electrons. The van der Waals surface area contributed by atoms with Gasteiger partial charge in [-0.3, -0.25) is 9.69 Å². The van der Waals surface area contributed by atoms with Crippen LogP contribution in [-0.4, -0.2) is 28.9 Å². The van der Waals surface area contributed by atoms with Gasteiger partial charge in [0.15, 0.2) is 5.13 Å². The van der Waals surface area contributed by atoms with E-state index in [1.54, 1.807) is 6.26 Å². The smallest absolute Gasteiger partial charge is 0.226 e. The highest BCUT2D eigenvalue weighted by molar-refractivity contribution is 7.13. The van der Waals surface area contributed by atoms with Crippen LogP contribution in [0.25, 0.3) is 0 Å². The zero-order chi connectivity index (χ0) is 16.1. The molecule has 3 rings (SSSR count). The number of aryl methyl sites for hydroxylation is 1. The van der Waals surface area contributed by atoms with E-state index in [1.807, 2.05) is 17.5 Å². The van der Waals surface area contributed by atoms with Crippen molar-refractivity contribution in [1.82, 2.24) is 9.88 Å². The number of nitrogens with zero attached hydrogens (tertiary/aromatic N) is 2. The number of nitrogens with one attached hydrogen (secondary N) is 1. The highest BCUT2D eigenvalue weighted by Crippen LogP contribution is 2.21. The minimum atomic E-state index is -0.0194. The first-order chi connectivity index (χ1) is 11.2. The number of aromatic nitrogens is 1. The minimum Gasteiger partial charge on any atom is -0.469 e. The molecule has 3 heterocycles. The van der Waals surface area contributed by atoms with Crippen molar-refractivity contribution in [1.29, 1.82) is 0 Å². The van der Waals surface area contributed by atoms with E-state index in [0.29, 0.717) is 18.0 Å². The summed E-state index contributed by atoms with van der Waals surface area (Å²) in [7, 11) is 0. The SMILES string of the molecule is CC1CCN(Cc2csc(NC(=O)CCc3ccco3)n2)CC1. The summed E-state index contributed by atoms with van der Waals surface area (Å²) in [4.78, 5) is 18.9. The largest absolute Gasteiger partial charge is 0.469 e. The van der Waals surface area contributed by atoms with Crippen LogP contribution in [0.15, 0.2) is 28.2 Å². The Bertz CT molecular complexity index is 616. The quantitative estimate of drug-likeness (QED) is 0.878. The molecule has 1 fully saturated rings. The van der Waals surface area contributed by atoms with Crippen LogP contribution in [-0.2, 0) is 17.8 Å². The fourth-order valence-electron chi connectivity index (χ4n) is 2.76. The number of likely N-dealkylation sites (tertiary alicyclic amines) is 1. The molecule has 0 aromatic carbocycles. The number of amides is 1. The average Bonchev–Trinajstić information content (AvgIpc) is 3.20. The Hall–Kier alpha value is -1.66. The fraction of sp³-hybridized carbons (Fsp3) is 0.529. The molecule has 0 unspecified atom stereocenters. The maximum Gasteiger partial charge on any atom is 0.226 e. The lowest BCUT2D eigenvalue weighted by molar-refractivity contribution is -0.116. The van der Waals surface area contributed by atoms with Crippen LogP contribution in [0.5, 0.6) is 0 Å². The number of anilines is 1. The third-order valence-corrected chi connectivity index (χ3v) is 5.05. The Kier molecular flexibility index (Phi) is 5.46. The van der Waals surface area contributed by atoms with E-state index in [2.05, 4.69) is 22.1 Å². The van der Waals surface area contributed by atoms with Gasteiger partial charge >= 0.3 is 0 Å². The normalized spacial score (nSPS) is 16.6. The summed E-state index contributed by atoms with van der Waals surface area (Å²) >= 11 is 1.50. The van der Waals surface area contributed by atoms with Crippen molar-refractivity contribution in [3.8, 4) is 0 Å². The van der Waals surface area contributed by atoms with Crippen LogP contribution in [0.1, 0.15) is 37.6 Å². The summed E-state index contributed by atoms with van der Waals surface area (Å²) in [6.07, 6.45) is 5.18. The number of carbonyl (C=O) groups excluding carboxylic acids is 1. The van der Waals surface area contributed by atoms with Crippen LogP contribution < -0.4 is 5.32 Å². The molecule has 1 N–H and O–H groups in total. The highest BCUT2D eigenvalue weighted by Gasteiger charge is 2.17. The van der Waals surface area contributed by atoms with Gasteiger partial charge in [0.05, 0.1) is 12.0 Å². The van der Waals surface area contributed by atoms with Gasteiger partial charge in [-0.15, -0.1) is 11.3 Å². The number of piperidine rings is 1. The van der Waals surface area contributed by atoms with Gasteiger partial charge in [0.1, 0.15) is 5.76 Å². The first-order valence-corrected chi connectivity index (χ1v) is 9.06. The number of hydrogen-bond donors (Lipinski definition) is 1. The van der Waals surface area contributed by atoms with E-state index >= 15 is 0 Å². The lowest BCUT2D eigenvalue weighted by Crippen LogP contribution is -2.32. The number of hydrogen-bond acceptors (Lipinski definition) is 5. The van der Waals surface area contributed by atoms with Crippen molar-refractivity contribution >= 4 is 22.4 Å². The highest BCUT2D eigenvalue weighted by atomic mass is 32.1. The van der Waals surface area contributed by atoms with Crippen LogP contribution in [0.2, 0.25) is 0 Å². The van der Waals surface area contributed by atoms with Gasteiger partial charge in [-0.05, 0) is 44.0 Å². The molecule has 6 heteroatoms. The standard InChI is InChI=1S/C17H23N3O2S/c1-13-6-8-20(9-7-13)11-14-12-23-17(18-14)19-16(21)5-4-15-3-2-10-22-15/h2-3,10,12-13H,4-9,11H2,1H3,(H,18,19,21). The Morgan fingerprint density at radius 1 is 1.48 bits per heavy atom. The Balaban J connectivity index is 1.44. The maximum absolute atomic E-state index is 11.9. The van der Waals surface area contributed by atoms with E-state index in [-0.39, 0.29) is 5.91 Å². The topological polar surface area (TPSA) is 58.4 Å². The lowest BCUT2D eigenvalue weighted by atomic mass is 9.99. The minimum absolute atomic E-state index is 0.0194. The van der Waals surface area contributed by atoms with Crippen molar-refractivity contribution in [2.75, 3.05) is 18.4 Å². The lowest BCUT2D eigenvalue weighted by Gasteiger charge is -2.29. The second-order valence-corrected chi connectivity index (χ2v) is 7.09. The fourth-order valence-corrected chi connectivity index (χ4v) is 3.48. The van der Waals surface area contributed by atoms with E-state index in [1.165, 1.54) is 24.2 Å². The molecule has 1 amide bonds. The second-order valence-electron chi connectivity index (χ2n) is 6.23. The predicted octanol–water partition coefficient (Wildman–Crippen LogP) is 3.54. The molecule has 2 aromatic heterocycles. The van der Waals surface area contributed by atoms with Crippen molar-refractivity contribution in [2.24, 2.45) is 5.92 Å². The first-order valence-electron chi connectivity index (χ1n) is 8.18. The van der Waals surface area contributed by atoms with Gasteiger partial charge in [0.2, 0.25) is 5.91 Å². The number of carbonyl (C=O) groups is 1. The molecule has 23 heavy (non-hydrogen) atoms. The number of rotatable bonds is 6. The Labute approximate surface area is 140 Å². The Morgan fingerprint density at radius 2 is 2.30 bits per heavy atom. The van der Waals surface area contributed by atoms with Crippen LogP contribution in [0.4, 0.5) is 5.13 Å². The summed E-state index contributed by atoms with van der Waals surface area (Å²) in [5.41, 5.74) is 1.05. The Morgan fingerprint density at radius 3 is 3.04 bits per heavy atom. The van der Waals surface area contributed by atoms with Crippen LogP contribution >= 0.6 is 11.3 Å². The molecule has 124 valence electrons. The molecule has 0 spiro atoms. The van der Waals surface area contributed by atoms with E-state index in [4.69, 9.17) is 4.42 Å². The molecule has 2 aromatic rings. The van der Waals surface area contributed by atoms with Crippen molar-refractivity contribution in [2.45, 2.75) is 39.2 Å². The van der Waals surface area contributed by atoms with Gasteiger partial charge in [-0.2, -0.15) is 0 Å².